The minimum Gasteiger partial charge on any atom is -0.298 e. The van der Waals surface area contributed by atoms with Gasteiger partial charge in [-0.3, -0.25) is 19.3 Å². The van der Waals surface area contributed by atoms with Crippen LogP contribution in [0.1, 0.15) is 40.3 Å². The molecule has 7 nitrogen and oxygen atoms in total. The van der Waals surface area contributed by atoms with Gasteiger partial charge in [-0.05, 0) is 49.7 Å². The highest BCUT2D eigenvalue weighted by molar-refractivity contribution is 7.92. The number of anilines is 2. The number of nitrogens with zero attached hydrogens (tertiary/aromatic N) is 3. The van der Waals surface area contributed by atoms with Gasteiger partial charge in [0, 0.05) is 36.0 Å². The summed E-state index contributed by atoms with van der Waals surface area (Å²) in [5.41, 5.74) is 3.05. The molecule has 1 atom stereocenters. The Kier molecular flexibility index (Phi) is 5.72. The van der Waals surface area contributed by atoms with Gasteiger partial charge in [-0.15, -0.1) is 11.3 Å². The van der Waals surface area contributed by atoms with E-state index in [1.807, 2.05) is 31.2 Å². The average Bonchev–Trinajstić information content (AvgIpc) is 3.37. The number of thiazole rings is 1. The third-order valence-electron chi connectivity index (χ3n) is 6.28. The second kappa shape index (κ2) is 8.55. The van der Waals surface area contributed by atoms with E-state index < -0.39 is 10.0 Å². The van der Waals surface area contributed by atoms with E-state index in [1.54, 1.807) is 18.2 Å². The number of para-hydroxylation sites is 1. The van der Waals surface area contributed by atoms with Crippen molar-refractivity contribution in [3.8, 4) is 0 Å². The maximum atomic E-state index is 13.5. The van der Waals surface area contributed by atoms with Crippen LogP contribution in [0.2, 0.25) is 0 Å². The average molecular weight is 483 g/mol. The predicted octanol–water partition coefficient (Wildman–Crippen LogP) is 3.91. The summed E-state index contributed by atoms with van der Waals surface area (Å²) in [7, 11) is -3.81. The lowest BCUT2D eigenvalue weighted by molar-refractivity contribution is 0.102. The van der Waals surface area contributed by atoms with Gasteiger partial charge in [0.2, 0.25) is 0 Å². The summed E-state index contributed by atoms with van der Waals surface area (Å²) < 4.78 is 28.5. The summed E-state index contributed by atoms with van der Waals surface area (Å²) >= 11 is 1.49. The Morgan fingerprint density at radius 3 is 2.85 bits per heavy atom. The molecule has 172 valence electrons. The lowest BCUT2D eigenvalue weighted by Gasteiger charge is -2.24. The number of nitrogens with one attached hydrogen (secondary N) is 1. The summed E-state index contributed by atoms with van der Waals surface area (Å²) in [5.74, 6) is -0.361. The molecule has 0 aliphatic carbocycles. The van der Waals surface area contributed by atoms with Gasteiger partial charge in [0.15, 0.2) is 5.13 Å². The zero-order chi connectivity index (χ0) is 23.2. The van der Waals surface area contributed by atoms with Gasteiger partial charge in [0.25, 0.3) is 15.9 Å². The van der Waals surface area contributed by atoms with E-state index in [4.69, 9.17) is 0 Å². The van der Waals surface area contributed by atoms with Gasteiger partial charge >= 0.3 is 0 Å². The van der Waals surface area contributed by atoms with Crippen molar-refractivity contribution in [2.45, 2.75) is 44.2 Å². The van der Waals surface area contributed by atoms with Crippen molar-refractivity contribution in [2.24, 2.45) is 0 Å². The molecule has 1 unspecified atom stereocenters. The van der Waals surface area contributed by atoms with Crippen LogP contribution in [0.5, 0.6) is 0 Å². The van der Waals surface area contributed by atoms with Gasteiger partial charge in [0.1, 0.15) is 0 Å². The maximum absolute atomic E-state index is 13.5. The minimum absolute atomic E-state index is 0.107. The number of rotatable bonds is 5. The lowest BCUT2D eigenvalue weighted by atomic mass is 10.1. The molecule has 0 saturated heterocycles. The molecule has 0 saturated carbocycles. The molecule has 33 heavy (non-hydrogen) atoms. The minimum atomic E-state index is -3.81. The molecule has 9 heteroatoms. The summed E-state index contributed by atoms with van der Waals surface area (Å²) in [6.45, 7) is 6.84. The standard InChI is InChI=1S/C24H26N4O3S2/c1-3-27-12-11-20-22(15-27)32-24(25-20)26-23(29)18-8-6-9-19(14-18)33(30,31)28-16(2)13-17-7-4-5-10-21(17)28/h4-10,14,16H,3,11-13,15H2,1-2H3,(H,25,26,29). The van der Waals surface area contributed by atoms with Gasteiger partial charge in [-0.25, -0.2) is 13.4 Å². The fourth-order valence-corrected chi connectivity index (χ4v) is 7.34. The van der Waals surface area contributed by atoms with Crippen molar-refractivity contribution in [1.29, 1.82) is 0 Å². The molecular formula is C24H26N4O3S2. The van der Waals surface area contributed by atoms with Gasteiger partial charge in [0.05, 0.1) is 16.3 Å². The zero-order valence-corrected chi connectivity index (χ0v) is 20.2. The fourth-order valence-electron chi connectivity index (χ4n) is 4.56. The number of carbonyl (C=O) groups is 1. The Balaban J connectivity index is 1.39. The Morgan fingerprint density at radius 1 is 1.21 bits per heavy atom. The first kappa shape index (κ1) is 22.1. The Hall–Kier alpha value is -2.75. The van der Waals surface area contributed by atoms with E-state index in [9.17, 15) is 13.2 Å². The van der Waals surface area contributed by atoms with Gasteiger partial charge in [-0.2, -0.15) is 0 Å². The monoisotopic (exact) mass is 482 g/mol. The van der Waals surface area contributed by atoms with Crippen molar-refractivity contribution >= 4 is 38.1 Å². The lowest BCUT2D eigenvalue weighted by Crippen LogP contribution is -2.35. The number of amides is 1. The molecule has 0 bridgehead atoms. The normalized spacial score (nSPS) is 18.1. The molecule has 5 rings (SSSR count). The van der Waals surface area contributed by atoms with Crippen molar-refractivity contribution in [2.75, 3.05) is 22.7 Å². The summed E-state index contributed by atoms with van der Waals surface area (Å²) in [4.78, 5) is 21.2. The molecule has 0 spiro atoms. The Labute approximate surface area is 198 Å². The number of sulfonamides is 1. The first-order chi connectivity index (χ1) is 15.9. The van der Waals surface area contributed by atoms with E-state index in [1.165, 1.54) is 26.6 Å². The third kappa shape index (κ3) is 4.05. The van der Waals surface area contributed by atoms with Crippen LogP contribution < -0.4 is 9.62 Å². The first-order valence-electron chi connectivity index (χ1n) is 11.1. The molecule has 2 aliphatic rings. The second-order valence-corrected chi connectivity index (χ2v) is 11.4. The number of benzene rings is 2. The molecule has 3 aromatic rings. The Bertz CT molecular complexity index is 1320. The first-order valence-corrected chi connectivity index (χ1v) is 13.4. The molecule has 2 aliphatic heterocycles. The SMILES string of the molecule is CCN1CCc2nc(NC(=O)c3cccc(S(=O)(=O)N4c5ccccc5CC4C)c3)sc2C1. The number of aromatic nitrogens is 1. The zero-order valence-electron chi connectivity index (χ0n) is 18.6. The van der Waals surface area contributed by atoms with Crippen molar-refractivity contribution in [3.05, 3.63) is 70.2 Å². The molecule has 1 N–H and O–H groups in total. The van der Waals surface area contributed by atoms with E-state index in [0.29, 0.717) is 22.8 Å². The summed E-state index contributed by atoms with van der Waals surface area (Å²) in [6, 6.07) is 13.6. The highest BCUT2D eigenvalue weighted by atomic mass is 32.2. The van der Waals surface area contributed by atoms with Crippen molar-refractivity contribution < 1.29 is 13.2 Å². The highest BCUT2D eigenvalue weighted by Crippen LogP contribution is 2.36. The van der Waals surface area contributed by atoms with Crippen LogP contribution in [0, 0.1) is 0 Å². The Morgan fingerprint density at radius 2 is 2.03 bits per heavy atom. The van der Waals surface area contributed by atoms with E-state index in [-0.39, 0.29) is 16.8 Å². The van der Waals surface area contributed by atoms with Crippen LogP contribution in [-0.2, 0) is 29.4 Å². The van der Waals surface area contributed by atoms with Crippen molar-refractivity contribution in [1.82, 2.24) is 9.88 Å². The van der Waals surface area contributed by atoms with Crippen LogP contribution in [0.3, 0.4) is 0 Å². The molecule has 1 aromatic heterocycles. The second-order valence-electron chi connectivity index (χ2n) is 8.47. The largest absolute Gasteiger partial charge is 0.298 e. The smallest absolute Gasteiger partial charge is 0.264 e. The molecule has 0 fully saturated rings. The number of hydrogen-bond donors (Lipinski definition) is 1. The quantitative estimate of drug-likeness (QED) is 0.596. The summed E-state index contributed by atoms with van der Waals surface area (Å²) in [5, 5.41) is 3.42. The fraction of sp³-hybridized carbons (Fsp3) is 0.333. The predicted molar refractivity (Wildman–Crippen MR) is 130 cm³/mol. The highest BCUT2D eigenvalue weighted by Gasteiger charge is 2.36. The van der Waals surface area contributed by atoms with E-state index >= 15 is 0 Å². The summed E-state index contributed by atoms with van der Waals surface area (Å²) in [6.07, 6.45) is 1.54. The van der Waals surface area contributed by atoms with Gasteiger partial charge < -0.3 is 0 Å². The van der Waals surface area contributed by atoms with E-state index in [0.717, 1.165) is 37.3 Å². The molecule has 1 amide bonds. The topological polar surface area (TPSA) is 82.6 Å². The number of fused-ring (bicyclic) bond motifs is 2. The number of likely N-dealkylation sites (N-methyl/N-ethyl adjacent to an activating group) is 1. The molecule has 3 heterocycles. The van der Waals surface area contributed by atoms with E-state index in [2.05, 4.69) is 22.1 Å². The number of carbonyl (C=O) groups excluding carboxylic acids is 1. The van der Waals surface area contributed by atoms with Crippen molar-refractivity contribution in [3.63, 3.8) is 0 Å². The third-order valence-corrected chi connectivity index (χ3v) is 9.20. The van der Waals surface area contributed by atoms with Crippen LogP contribution in [0.4, 0.5) is 10.8 Å². The molecule has 0 radical (unpaired) electrons. The molecular weight excluding hydrogens is 456 g/mol. The number of hydrogen-bond acceptors (Lipinski definition) is 6. The van der Waals surface area contributed by atoms with Crippen LogP contribution in [0.25, 0.3) is 0 Å². The maximum Gasteiger partial charge on any atom is 0.264 e. The van der Waals surface area contributed by atoms with Crippen LogP contribution in [0.15, 0.2) is 53.4 Å². The van der Waals surface area contributed by atoms with Gasteiger partial charge in [-0.1, -0.05) is 31.2 Å². The van der Waals surface area contributed by atoms with Crippen LogP contribution >= 0.6 is 11.3 Å². The van der Waals surface area contributed by atoms with Crippen LogP contribution in [-0.4, -0.2) is 43.3 Å². The molecule has 2 aromatic carbocycles.